The highest BCUT2D eigenvalue weighted by Crippen LogP contribution is 2.35. The van der Waals surface area contributed by atoms with Crippen LogP contribution in [0.3, 0.4) is 0 Å². The number of benzene rings is 2. The Morgan fingerprint density at radius 2 is 1.90 bits per heavy atom. The van der Waals surface area contributed by atoms with Crippen molar-refractivity contribution < 1.29 is 14.2 Å². The minimum absolute atomic E-state index is 0.318. The van der Waals surface area contributed by atoms with E-state index in [0.29, 0.717) is 18.5 Å². The third-order valence-corrected chi connectivity index (χ3v) is 5.94. The molecule has 6 nitrogen and oxygen atoms in total. The maximum atomic E-state index is 6.26. The Morgan fingerprint density at radius 3 is 2.72 bits per heavy atom. The van der Waals surface area contributed by atoms with Crippen molar-refractivity contribution in [2.75, 3.05) is 32.7 Å². The lowest BCUT2D eigenvalue weighted by Crippen LogP contribution is -2.32. The molecule has 1 saturated heterocycles. The van der Waals surface area contributed by atoms with Crippen LogP contribution in [0.25, 0.3) is 10.8 Å². The van der Waals surface area contributed by atoms with E-state index in [1.54, 1.807) is 7.11 Å². The van der Waals surface area contributed by atoms with Crippen molar-refractivity contribution >= 4 is 16.6 Å². The Labute approximate surface area is 170 Å². The van der Waals surface area contributed by atoms with Crippen molar-refractivity contribution in [3.63, 3.8) is 0 Å². The smallest absolute Gasteiger partial charge is 0.231 e. The molecule has 2 N–H and O–H groups in total. The van der Waals surface area contributed by atoms with Gasteiger partial charge in [-0.2, -0.15) is 0 Å². The predicted octanol–water partition coefficient (Wildman–Crippen LogP) is 3.93. The molecule has 5 rings (SSSR count). The predicted molar refractivity (Wildman–Crippen MR) is 113 cm³/mol. The Kier molecular flexibility index (Phi) is 4.64. The number of hydrogen-bond donors (Lipinski definition) is 1. The molecule has 0 radical (unpaired) electrons. The highest BCUT2D eigenvalue weighted by Gasteiger charge is 2.23. The average molecular weight is 391 g/mol. The number of aromatic nitrogens is 1. The maximum absolute atomic E-state index is 6.26. The summed E-state index contributed by atoms with van der Waals surface area (Å²) in [5.41, 5.74) is 8.62. The van der Waals surface area contributed by atoms with E-state index in [9.17, 15) is 0 Å². The summed E-state index contributed by atoms with van der Waals surface area (Å²) in [4.78, 5) is 7.21. The second kappa shape index (κ2) is 7.44. The van der Waals surface area contributed by atoms with Crippen molar-refractivity contribution in [2.45, 2.75) is 25.3 Å². The molecule has 1 aromatic heterocycles. The fraction of sp³-hybridized carbons (Fsp3) is 0.348. The quantitative estimate of drug-likeness (QED) is 0.727. The molecule has 0 aliphatic carbocycles. The number of likely N-dealkylation sites (tertiary alicyclic amines) is 1. The molecule has 0 saturated carbocycles. The second-order valence-electron chi connectivity index (χ2n) is 7.76. The molecule has 1 fully saturated rings. The number of rotatable bonds is 4. The maximum Gasteiger partial charge on any atom is 0.231 e. The van der Waals surface area contributed by atoms with Crippen molar-refractivity contribution in [1.29, 1.82) is 0 Å². The number of methoxy groups -OCH3 is 1. The zero-order valence-corrected chi connectivity index (χ0v) is 16.6. The summed E-state index contributed by atoms with van der Waals surface area (Å²) in [5.74, 6) is 3.52. The lowest BCUT2D eigenvalue weighted by Gasteiger charge is -2.32. The summed E-state index contributed by atoms with van der Waals surface area (Å²) in [6.07, 6.45) is 2.16. The highest BCUT2D eigenvalue weighted by atomic mass is 16.7. The summed E-state index contributed by atoms with van der Waals surface area (Å²) >= 11 is 0. The van der Waals surface area contributed by atoms with E-state index in [4.69, 9.17) is 24.9 Å². The van der Waals surface area contributed by atoms with Gasteiger partial charge in [0, 0.05) is 23.5 Å². The van der Waals surface area contributed by atoms with Crippen LogP contribution in [-0.4, -0.2) is 36.9 Å². The third kappa shape index (κ3) is 3.56. The minimum atomic E-state index is 0.318. The first-order valence-corrected chi connectivity index (χ1v) is 10.0. The zero-order chi connectivity index (χ0) is 19.8. The summed E-state index contributed by atoms with van der Waals surface area (Å²) in [7, 11) is 1.66. The molecule has 0 bridgehead atoms. The summed E-state index contributed by atoms with van der Waals surface area (Å²) in [6, 6.07) is 14.4. The number of nitrogens with two attached hydrogens (primary N) is 1. The average Bonchev–Trinajstić information content (AvgIpc) is 3.22. The van der Waals surface area contributed by atoms with Crippen molar-refractivity contribution in [3.8, 4) is 17.2 Å². The lowest BCUT2D eigenvalue weighted by atomic mass is 9.91. The highest BCUT2D eigenvalue weighted by molar-refractivity contribution is 5.92. The summed E-state index contributed by atoms with van der Waals surface area (Å²) in [5, 5.41) is 2.07. The van der Waals surface area contributed by atoms with Gasteiger partial charge in [0.25, 0.3) is 0 Å². The molecule has 0 spiro atoms. The van der Waals surface area contributed by atoms with Gasteiger partial charge >= 0.3 is 0 Å². The van der Waals surface area contributed by atoms with Crippen LogP contribution in [0.4, 0.5) is 5.82 Å². The molecule has 29 heavy (non-hydrogen) atoms. The Bertz CT molecular complexity index is 1040. The molecule has 0 atom stereocenters. The van der Waals surface area contributed by atoms with Crippen LogP contribution in [0, 0.1) is 0 Å². The fourth-order valence-electron chi connectivity index (χ4n) is 4.29. The molecule has 2 aromatic carbocycles. The van der Waals surface area contributed by atoms with Gasteiger partial charge in [-0.15, -0.1) is 0 Å². The Hall–Kier alpha value is -2.99. The van der Waals surface area contributed by atoms with Gasteiger partial charge in [0.1, 0.15) is 11.6 Å². The molecule has 3 aromatic rings. The first kappa shape index (κ1) is 18.1. The number of nitrogens with zero attached hydrogens (tertiary/aromatic N) is 2. The van der Waals surface area contributed by atoms with Crippen LogP contribution in [0.2, 0.25) is 0 Å². The van der Waals surface area contributed by atoms with Crippen LogP contribution in [-0.2, 0) is 6.54 Å². The first-order chi connectivity index (χ1) is 14.2. The molecule has 2 aliphatic heterocycles. The van der Waals surface area contributed by atoms with E-state index < -0.39 is 0 Å². The SMILES string of the molecule is COc1ccc2cc(C3CCN(Cc4ccc5c(c4)OCO5)CC3)nc(N)c2c1. The molecule has 6 heteroatoms. The summed E-state index contributed by atoms with van der Waals surface area (Å²) < 4.78 is 16.2. The van der Waals surface area contributed by atoms with Gasteiger partial charge in [-0.1, -0.05) is 12.1 Å². The topological polar surface area (TPSA) is 69.8 Å². The van der Waals surface area contributed by atoms with Crippen LogP contribution in [0.15, 0.2) is 42.5 Å². The molecule has 2 aliphatic rings. The molecule has 0 amide bonds. The van der Waals surface area contributed by atoms with E-state index in [1.807, 2.05) is 18.2 Å². The van der Waals surface area contributed by atoms with E-state index in [-0.39, 0.29) is 0 Å². The molecular weight excluding hydrogens is 366 g/mol. The molecule has 3 heterocycles. The van der Waals surface area contributed by atoms with Gasteiger partial charge in [0.2, 0.25) is 6.79 Å². The van der Waals surface area contributed by atoms with E-state index in [1.165, 1.54) is 5.56 Å². The minimum Gasteiger partial charge on any atom is -0.497 e. The monoisotopic (exact) mass is 391 g/mol. The van der Waals surface area contributed by atoms with Crippen molar-refractivity contribution in [3.05, 3.63) is 53.7 Å². The normalized spacial score (nSPS) is 17.0. The molecule has 0 unspecified atom stereocenters. The van der Waals surface area contributed by atoms with Gasteiger partial charge in [-0.05, 0) is 67.2 Å². The fourth-order valence-corrected chi connectivity index (χ4v) is 4.29. The largest absolute Gasteiger partial charge is 0.497 e. The van der Waals surface area contributed by atoms with Crippen LogP contribution in [0.1, 0.15) is 30.0 Å². The van der Waals surface area contributed by atoms with Gasteiger partial charge in [0.05, 0.1) is 7.11 Å². The zero-order valence-electron chi connectivity index (χ0n) is 16.6. The second-order valence-corrected chi connectivity index (χ2v) is 7.76. The number of ether oxygens (including phenoxy) is 3. The summed E-state index contributed by atoms with van der Waals surface area (Å²) in [6.45, 7) is 3.33. The third-order valence-electron chi connectivity index (χ3n) is 5.94. The number of nitrogen functional groups attached to an aromatic ring is 1. The molecular formula is C23H25N3O3. The van der Waals surface area contributed by atoms with E-state index in [2.05, 4.69) is 29.2 Å². The number of fused-ring (bicyclic) bond motifs is 2. The number of piperidine rings is 1. The van der Waals surface area contributed by atoms with E-state index >= 15 is 0 Å². The Balaban J connectivity index is 1.26. The van der Waals surface area contributed by atoms with Gasteiger partial charge < -0.3 is 19.9 Å². The first-order valence-electron chi connectivity index (χ1n) is 10.0. The number of hydrogen-bond acceptors (Lipinski definition) is 6. The van der Waals surface area contributed by atoms with Crippen LogP contribution in [0.5, 0.6) is 17.2 Å². The Morgan fingerprint density at radius 1 is 1.07 bits per heavy atom. The van der Waals surface area contributed by atoms with Crippen molar-refractivity contribution in [2.24, 2.45) is 0 Å². The van der Waals surface area contributed by atoms with Gasteiger partial charge in [0.15, 0.2) is 11.5 Å². The molecule has 150 valence electrons. The van der Waals surface area contributed by atoms with Crippen molar-refractivity contribution in [1.82, 2.24) is 9.88 Å². The van der Waals surface area contributed by atoms with Gasteiger partial charge in [-0.25, -0.2) is 4.98 Å². The van der Waals surface area contributed by atoms with Gasteiger partial charge in [-0.3, -0.25) is 4.90 Å². The number of anilines is 1. The van der Waals surface area contributed by atoms with Crippen LogP contribution >= 0.6 is 0 Å². The number of pyridine rings is 1. The standard InChI is InChI=1S/C23H25N3O3/c1-27-18-4-3-17-11-20(25-23(24)19(17)12-18)16-6-8-26(9-7-16)13-15-2-5-21-22(10-15)29-14-28-21/h2-5,10-12,16H,6-9,13-14H2,1H3,(H2,24,25). The van der Waals surface area contributed by atoms with E-state index in [0.717, 1.165) is 66.2 Å². The van der Waals surface area contributed by atoms with Crippen LogP contribution < -0.4 is 19.9 Å². The lowest BCUT2D eigenvalue weighted by molar-refractivity contribution is 0.173.